The van der Waals surface area contributed by atoms with Gasteiger partial charge in [0.05, 0.1) is 6.61 Å². The Kier molecular flexibility index (Phi) is 10.6. The molecule has 0 amide bonds. The lowest BCUT2D eigenvalue weighted by atomic mass is 9.59. The molecule has 1 saturated carbocycles. The summed E-state index contributed by atoms with van der Waals surface area (Å²) in [6, 6.07) is 16.3. The van der Waals surface area contributed by atoms with Crippen molar-refractivity contribution in [1.82, 2.24) is 9.88 Å². The number of aromatic nitrogens is 1. The molecule has 0 bridgehead atoms. The topological polar surface area (TPSA) is 83.9 Å². The number of nitrogens with one attached hydrogen (secondary N) is 1. The second kappa shape index (κ2) is 14.7. The van der Waals surface area contributed by atoms with Crippen molar-refractivity contribution in [2.24, 2.45) is 11.8 Å². The standard InChI is InChI=1S/C38H48ClN3O4S/c1-26(25-45-35-13-18-40-34-10-5-4-9-32(34)35)21-28-22-27-11-12-31(47-20-19-42(2)3)24-33(27)37(28)14-16-38(17-15-37,36(43)44)41-29-7-6-8-30(23-29)46-39/h6-8,11-13,18,23-24,26,28,41H,4-5,9-10,14-17,19-22,25H2,1-3H3,(H,43,44)/t26-,28?,37?,38?/m1/s1. The highest BCUT2D eigenvalue weighted by atomic mass is 35.5. The van der Waals surface area contributed by atoms with Gasteiger partial charge in [0, 0.05) is 46.4 Å². The van der Waals surface area contributed by atoms with Crippen molar-refractivity contribution in [3.8, 4) is 11.5 Å². The van der Waals surface area contributed by atoms with Crippen LogP contribution in [0.15, 0.2) is 59.6 Å². The fourth-order valence-electron chi connectivity index (χ4n) is 8.23. The lowest BCUT2D eigenvalue weighted by Crippen LogP contribution is -2.53. The van der Waals surface area contributed by atoms with E-state index in [1.807, 2.05) is 36.2 Å². The first kappa shape index (κ1) is 33.9. The molecule has 3 aliphatic carbocycles. The minimum absolute atomic E-state index is 0.0702. The zero-order valence-electron chi connectivity index (χ0n) is 27.9. The summed E-state index contributed by atoms with van der Waals surface area (Å²) in [6.07, 6.45) is 11.1. The number of hydrogen-bond acceptors (Lipinski definition) is 7. The highest BCUT2D eigenvalue weighted by Crippen LogP contribution is 2.56. The molecule has 3 aromatic rings. The van der Waals surface area contributed by atoms with E-state index in [0.717, 1.165) is 56.6 Å². The molecule has 47 heavy (non-hydrogen) atoms. The van der Waals surface area contributed by atoms with Crippen LogP contribution in [0.3, 0.4) is 0 Å². The first-order chi connectivity index (χ1) is 22.7. The van der Waals surface area contributed by atoms with Crippen LogP contribution in [-0.4, -0.2) is 59.5 Å². The minimum atomic E-state index is -1.06. The number of pyridine rings is 1. The molecule has 6 rings (SSSR count). The fraction of sp³-hybridized carbons (Fsp3) is 0.526. The van der Waals surface area contributed by atoms with Gasteiger partial charge in [-0.05, 0) is 137 Å². The maximum Gasteiger partial charge on any atom is 0.329 e. The second-order valence-corrected chi connectivity index (χ2v) is 15.6. The number of hydrogen-bond donors (Lipinski definition) is 2. The lowest BCUT2D eigenvalue weighted by molar-refractivity contribution is -0.144. The number of anilines is 1. The summed E-state index contributed by atoms with van der Waals surface area (Å²) in [4.78, 5) is 21.1. The third-order valence-corrected chi connectivity index (χ3v) is 11.9. The van der Waals surface area contributed by atoms with Crippen molar-refractivity contribution in [2.45, 2.75) is 87.0 Å². The number of carboxylic acid groups (broad SMARTS) is 1. The second-order valence-electron chi connectivity index (χ2n) is 14.2. The zero-order chi connectivity index (χ0) is 33.0. The van der Waals surface area contributed by atoms with Gasteiger partial charge in [0.1, 0.15) is 28.9 Å². The number of carbonyl (C=O) groups is 1. The Bertz CT molecular complexity index is 1560. The van der Waals surface area contributed by atoms with E-state index in [1.165, 1.54) is 40.1 Å². The Morgan fingerprint density at radius 3 is 2.70 bits per heavy atom. The quantitative estimate of drug-likeness (QED) is 0.175. The van der Waals surface area contributed by atoms with Gasteiger partial charge in [0.15, 0.2) is 0 Å². The van der Waals surface area contributed by atoms with E-state index < -0.39 is 11.5 Å². The van der Waals surface area contributed by atoms with E-state index in [2.05, 4.69) is 54.4 Å². The normalized spacial score (nSPS) is 24.1. The molecule has 9 heteroatoms. The molecule has 2 atom stereocenters. The number of ether oxygens (including phenoxy) is 1. The van der Waals surface area contributed by atoms with Gasteiger partial charge in [-0.3, -0.25) is 4.98 Å². The van der Waals surface area contributed by atoms with Gasteiger partial charge in [0.2, 0.25) is 0 Å². The number of aryl methyl sites for hydroxylation is 1. The number of fused-ring (bicyclic) bond motifs is 3. The third-order valence-electron chi connectivity index (χ3n) is 10.8. The van der Waals surface area contributed by atoms with Crippen LogP contribution in [-0.2, 0) is 29.5 Å². The molecular formula is C38H48ClN3O4S. The summed E-state index contributed by atoms with van der Waals surface area (Å²) in [5, 5.41) is 14.0. The Labute approximate surface area is 289 Å². The Balaban J connectivity index is 1.23. The zero-order valence-corrected chi connectivity index (χ0v) is 29.5. The molecule has 2 aromatic carbocycles. The molecule has 1 fully saturated rings. The van der Waals surface area contributed by atoms with Crippen molar-refractivity contribution in [2.75, 3.05) is 38.3 Å². The van der Waals surface area contributed by atoms with Gasteiger partial charge >= 0.3 is 5.97 Å². The molecule has 2 N–H and O–H groups in total. The summed E-state index contributed by atoms with van der Waals surface area (Å²) >= 11 is 7.52. The number of carboxylic acids is 1. The Morgan fingerprint density at radius 2 is 1.94 bits per heavy atom. The number of thioether (sulfide) groups is 1. The molecule has 3 aliphatic rings. The van der Waals surface area contributed by atoms with Gasteiger partial charge in [-0.2, -0.15) is 0 Å². The van der Waals surface area contributed by atoms with Crippen LogP contribution in [0.4, 0.5) is 5.69 Å². The number of benzene rings is 2. The van der Waals surface area contributed by atoms with Crippen molar-refractivity contribution >= 4 is 35.3 Å². The van der Waals surface area contributed by atoms with Crippen molar-refractivity contribution in [3.05, 3.63) is 77.1 Å². The molecule has 1 aromatic heterocycles. The van der Waals surface area contributed by atoms with E-state index in [9.17, 15) is 9.90 Å². The van der Waals surface area contributed by atoms with Gasteiger partial charge < -0.3 is 24.3 Å². The molecule has 0 radical (unpaired) electrons. The van der Waals surface area contributed by atoms with Crippen molar-refractivity contribution in [3.63, 3.8) is 0 Å². The van der Waals surface area contributed by atoms with Crippen LogP contribution in [0, 0.1) is 11.8 Å². The molecule has 1 heterocycles. The van der Waals surface area contributed by atoms with Crippen molar-refractivity contribution < 1.29 is 18.9 Å². The smallest absolute Gasteiger partial charge is 0.329 e. The molecule has 252 valence electrons. The van der Waals surface area contributed by atoms with E-state index in [1.54, 1.807) is 12.1 Å². The van der Waals surface area contributed by atoms with Crippen LogP contribution in [0.25, 0.3) is 0 Å². The van der Waals surface area contributed by atoms with Crippen LogP contribution >= 0.6 is 23.6 Å². The Morgan fingerprint density at radius 1 is 1.13 bits per heavy atom. The predicted octanol–water partition coefficient (Wildman–Crippen LogP) is 8.17. The van der Waals surface area contributed by atoms with Crippen LogP contribution in [0.1, 0.15) is 74.3 Å². The van der Waals surface area contributed by atoms with Crippen LogP contribution in [0.2, 0.25) is 0 Å². The van der Waals surface area contributed by atoms with Gasteiger partial charge in [-0.15, -0.1) is 11.8 Å². The minimum Gasteiger partial charge on any atom is -0.493 e. The summed E-state index contributed by atoms with van der Waals surface area (Å²) in [6.45, 7) is 4.01. The highest BCUT2D eigenvalue weighted by molar-refractivity contribution is 7.99. The van der Waals surface area contributed by atoms with E-state index >= 15 is 0 Å². The first-order valence-electron chi connectivity index (χ1n) is 17.1. The third kappa shape index (κ3) is 7.40. The first-order valence-corrected chi connectivity index (χ1v) is 18.4. The molecule has 7 nitrogen and oxygen atoms in total. The maximum absolute atomic E-state index is 12.9. The molecule has 0 saturated heterocycles. The van der Waals surface area contributed by atoms with Gasteiger partial charge in [-0.25, -0.2) is 4.79 Å². The van der Waals surface area contributed by atoms with E-state index in [4.69, 9.17) is 20.9 Å². The predicted molar refractivity (Wildman–Crippen MR) is 190 cm³/mol. The van der Waals surface area contributed by atoms with Gasteiger partial charge in [0.25, 0.3) is 0 Å². The van der Waals surface area contributed by atoms with Crippen LogP contribution in [0.5, 0.6) is 11.5 Å². The summed E-state index contributed by atoms with van der Waals surface area (Å²) in [7, 11) is 4.22. The summed E-state index contributed by atoms with van der Waals surface area (Å²) in [5.41, 5.74) is 4.92. The van der Waals surface area contributed by atoms with Crippen molar-refractivity contribution in [1.29, 1.82) is 0 Å². The number of nitrogens with zero attached hydrogens (tertiary/aromatic N) is 2. The molecular weight excluding hydrogens is 630 g/mol. The highest BCUT2D eigenvalue weighted by Gasteiger charge is 2.54. The average molecular weight is 678 g/mol. The lowest BCUT2D eigenvalue weighted by Gasteiger charge is -2.47. The number of rotatable bonds is 13. The molecule has 1 unspecified atom stereocenters. The monoisotopic (exact) mass is 677 g/mol. The van der Waals surface area contributed by atoms with Gasteiger partial charge in [-0.1, -0.05) is 19.1 Å². The SMILES string of the molecule is C[C@@H](COc1ccnc2c1CCCC2)CC1Cc2ccc(SCCN(C)C)cc2C12CCC(Nc1cccc(OCl)c1)(C(=O)O)CC2. The average Bonchev–Trinajstić information content (AvgIpc) is 3.36. The Hall–Kier alpha value is -2.94. The van der Waals surface area contributed by atoms with E-state index in [-0.39, 0.29) is 5.41 Å². The van der Waals surface area contributed by atoms with E-state index in [0.29, 0.717) is 42.7 Å². The number of aliphatic carboxylic acids is 1. The maximum atomic E-state index is 12.9. The summed E-state index contributed by atoms with van der Waals surface area (Å²) < 4.78 is 11.4. The summed E-state index contributed by atoms with van der Waals surface area (Å²) in [5.74, 6) is 2.49. The largest absolute Gasteiger partial charge is 0.493 e. The number of halogens is 1. The fourth-order valence-corrected chi connectivity index (χ4v) is 9.38. The van der Waals surface area contributed by atoms with Crippen LogP contribution < -0.4 is 14.3 Å². The molecule has 1 spiro atoms. The molecule has 0 aliphatic heterocycles.